The van der Waals surface area contributed by atoms with Crippen molar-refractivity contribution in [2.45, 2.75) is 0 Å². The van der Waals surface area contributed by atoms with Gasteiger partial charge < -0.3 is 0 Å². The molecule has 0 atom stereocenters. The van der Waals surface area contributed by atoms with Crippen LogP contribution in [0.2, 0.25) is 0 Å². The van der Waals surface area contributed by atoms with Crippen LogP contribution < -0.4 is 9.73 Å². The summed E-state index contributed by atoms with van der Waals surface area (Å²) in [5.74, 6) is -0.522. The number of carbonyl (C=O) groups excluding carboxylic acids is 1. The van der Waals surface area contributed by atoms with Gasteiger partial charge in [-0.1, -0.05) is 22.0 Å². The summed E-state index contributed by atoms with van der Waals surface area (Å²) in [6, 6.07) is 10.4. The number of carbonyl (C=O) groups is 1. The highest BCUT2D eigenvalue weighted by Gasteiger charge is 2.20. The average Bonchev–Trinajstić information content (AvgIpc) is 2.98. The van der Waals surface area contributed by atoms with Gasteiger partial charge in [0.05, 0.1) is 18.2 Å². The van der Waals surface area contributed by atoms with Gasteiger partial charge in [-0.2, -0.15) is 5.10 Å². The first-order valence-corrected chi connectivity index (χ1v) is 9.97. The van der Waals surface area contributed by atoms with Crippen molar-refractivity contribution in [3.8, 4) is 0 Å². The van der Waals surface area contributed by atoms with Crippen LogP contribution in [0.3, 0.4) is 0 Å². The van der Waals surface area contributed by atoms with E-state index in [2.05, 4.69) is 26.5 Å². The SMILES string of the molecule is CS(=O)(=O)N(CC(=O)N/N=C\c1cccs1)c1ccc(Br)cc1. The third-order valence-electron chi connectivity index (χ3n) is 2.73. The summed E-state index contributed by atoms with van der Waals surface area (Å²) in [4.78, 5) is 12.8. The van der Waals surface area contributed by atoms with Crippen LogP contribution in [0.15, 0.2) is 51.4 Å². The Morgan fingerprint density at radius 2 is 2.04 bits per heavy atom. The second-order valence-corrected chi connectivity index (χ2v) is 8.36. The van der Waals surface area contributed by atoms with E-state index in [1.807, 2.05) is 17.5 Å². The molecule has 1 amide bonds. The second-order valence-electron chi connectivity index (χ2n) is 4.55. The number of sulfonamides is 1. The molecule has 1 N–H and O–H groups in total. The molecule has 0 radical (unpaired) electrons. The molecule has 0 unspecified atom stereocenters. The Morgan fingerprint density at radius 1 is 1.35 bits per heavy atom. The summed E-state index contributed by atoms with van der Waals surface area (Å²) in [6.07, 6.45) is 2.56. The Kier molecular flexibility index (Phi) is 5.91. The van der Waals surface area contributed by atoms with E-state index in [4.69, 9.17) is 0 Å². The standard InChI is InChI=1S/C14H14BrN3O3S2/c1-23(20,21)18(12-6-4-11(15)5-7-12)10-14(19)17-16-9-13-3-2-8-22-13/h2-9H,10H2,1H3,(H,17,19)/b16-9-. The maximum absolute atomic E-state index is 11.9. The lowest BCUT2D eigenvalue weighted by molar-refractivity contribution is -0.119. The lowest BCUT2D eigenvalue weighted by Gasteiger charge is -2.21. The zero-order valence-corrected chi connectivity index (χ0v) is 15.4. The van der Waals surface area contributed by atoms with Crippen LogP contribution >= 0.6 is 27.3 Å². The zero-order valence-electron chi connectivity index (χ0n) is 12.1. The van der Waals surface area contributed by atoms with E-state index in [0.29, 0.717) is 5.69 Å². The number of nitrogens with one attached hydrogen (secondary N) is 1. The molecule has 9 heteroatoms. The number of hydrogen-bond donors (Lipinski definition) is 1. The molecule has 1 aromatic heterocycles. The van der Waals surface area contributed by atoms with Gasteiger partial charge in [-0.3, -0.25) is 9.10 Å². The van der Waals surface area contributed by atoms with Crippen LogP contribution in [-0.4, -0.2) is 33.3 Å². The van der Waals surface area contributed by atoms with Gasteiger partial charge in [-0.25, -0.2) is 13.8 Å². The lowest BCUT2D eigenvalue weighted by atomic mass is 10.3. The fourth-order valence-corrected chi connectivity index (χ4v) is 3.41. The Hall–Kier alpha value is -1.71. The van der Waals surface area contributed by atoms with Crippen LogP contribution in [0.5, 0.6) is 0 Å². The van der Waals surface area contributed by atoms with Crippen molar-refractivity contribution in [3.63, 3.8) is 0 Å². The lowest BCUT2D eigenvalue weighted by Crippen LogP contribution is -2.38. The molecule has 1 aromatic carbocycles. The van der Waals surface area contributed by atoms with Crippen LogP contribution in [0.25, 0.3) is 0 Å². The monoisotopic (exact) mass is 415 g/mol. The Morgan fingerprint density at radius 3 is 2.61 bits per heavy atom. The number of benzene rings is 1. The first-order valence-electron chi connectivity index (χ1n) is 6.45. The summed E-state index contributed by atoms with van der Waals surface area (Å²) in [5, 5.41) is 5.70. The van der Waals surface area contributed by atoms with Gasteiger partial charge >= 0.3 is 0 Å². The molecule has 0 bridgehead atoms. The van der Waals surface area contributed by atoms with E-state index in [1.54, 1.807) is 24.3 Å². The number of amides is 1. The van der Waals surface area contributed by atoms with Crippen molar-refractivity contribution in [1.82, 2.24) is 5.43 Å². The van der Waals surface area contributed by atoms with Crippen LogP contribution in [0, 0.1) is 0 Å². The maximum Gasteiger partial charge on any atom is 0.260 e. The normalized spacial score (nSPS) is 11.6. The molecule has 6 nitrogen and oxygen atoms in total. The third kappa shape index (κ3) is 5.45. The number of thiophene rings is 1. The zero-order chi connectivity index (χ0) is 16.9. The molecule has 0 saturated heterocycles. The first-order chi connectivity index (χ1) is 10.9. The van der Waals surface area contributed by atoms with E-state index in [1.165, 1.54) is 17.6 Å². The molecular weight excluding hydrogens is 402 g/mol. The van der Waals surface area contributed by atoms with Gasteiger partial charge in [0.15, 0.2) is 0 Å². The number of hydrazone groups is 1. The molecule has 122 valence electrons. The quantitative estimate of drug-likeness (QED) is 0.580. The van der Waals surface area contributed by atoms with Crippen molar-refractivity contribution >= 4 is 55.1 Å². The average molecular weight is 416 g/mol. The van der Waals surface area contributed by atoms with E-state index in [-0.39, 0.29) is 6.54 Å². The smallest absolute Gasteiger partial charge is 0.260 e. The number of hydrogen-bond acceptors (Lipinski definition) is 5. The molecule has 23 heavy (non-hydrogen) atoms. The van der Waals surface area contributed by atoms with E-state index < -0.39 is 15.9 Å². The number of rotatable bonds is 6. The van der Waals surface area contributed by atoms with Gasteiger partial charge in [-0.15, -0.1) is 11.3 Å². The Labute approximate surface area is 147 Å². The predicted molar refractivity (Wildman–Crippen MR) is 96.4 cm³/mol. The van der Waals surface area contributed by atoms with E-state index >= 15 is 0 Å². The highest BCUT2D eigenvalue weighted by molar-refractivity contribution is 9.10. The van der Waals surface area contributed by atoms with E-state index in [9.17, 15) is 13.2 Å². The molecule has 0 saturated carbocycles. The summed E-state index contributed by atoms with van der Waals surface area (Å²) in [7, 11) is -3.59. The van der Waals surface area contributed by atoms with Gasteiger partial charge in [0.1, 0.15) is 6.54 Å². The molecule has 0 spiro atoms. The molecular formula is C14H14BrN3O3S2. The fraction of sp³-hybridized carbons (Fsp3) is 0.143. The summed E-state index contributed by atoms with van der Waals surface area (Å²) in [5.41, 5.74) is 2.74. The van der Waals surface area contributed by atoms with E-state index in [0.717, 1.165) is 19.9 Å². The Balaban J connectivity index is 2.06. The van der Waals surface area contributed by atoms with Crippen LogP contribution in [-0.2, 0) is 14.8 Å². The topological polar surface area (TPSA) is 78.8 Å². The fourth-order valence-electron chi connectivity index (χ4n) is 1.71. The summed E-state index contributed by atoms with van der Waals surface area (Å²) >= 11 is 4.76. The van der Waals surface area contributed by atoms with Gasteiger partial charge in [0.25, 0.3) is 5.91 Å². The molecule has 0 aliphatic heterocycles. The van der Waals surface area contributed by atoms with Crippen molar-refractivity contribution in [1.29, 1.82) is 0 Å². The molecule has 0 aliphatic rings. The van der Waals surface area contributed by atoms with Crippen molar-refractivity contribution in [3.05, 3.63) is 51.1 Å². The van der Waals surface area contributed by atoms with Crippen molar-refractivity contribution < 1.29 is 13.2 Å². The van der Waals surface area contributed by atoms with Crippen molar-refractivity contribution in [2.75, 3.05) is 17.1 Å². The molecule has 2 rings (SSSR count). The number of nitrogens with zero attached hydrogens (tertiary/aromatic N) is 2. The summed E-state index contributed by atoms with van der Waals surface area (Å²) < 4.78 is 25.7. The third-order valence-corrected chi connectivity index (χ3v) is 5.20. The molecule has 0 aliphatic carbocycles. The summed E-state index contributed by atoms with van der Waals surface area (Å²) in [6.45, 7) is -0.345. The predicted octanol–water partition coefficient (Wildman–Crippen LogP) is 2.43. The number of anilines is 1. The molecule has 0 fully saturated rings. The van der Waals surface area contributed by atoms with Gasteiger partial charge in [0.2, 0.25) is 10.0 Å². The second kappa shape index (κ2) is 7.71. The van der Waals surface area contributed by atoms with Crippen LogP contribution in [0.4, 0.5) is 5.69 Å². The highest BCUT2D eigenvalue weighted by atomic mass is 79.9. The Bertz CT molecular complexity index is 787. The minimum absolute atomic E-state index is 0.345. The molecule has 1 heterocycles. The number of halogens is 1. The molecule has 2 aromatic rings. The largest absolute Gasteiger partial charge is 0.271 e. The van der Waals surface area contributed by atoms with Gasteiger partial charge in [0, 0.05) is 9.35 Å². The van der Waals surface area contributed by atoms with Crippen molar-refractivity contribution in [2.24, 2.45) is 5.10 Å². The van der Waals surface area contributed by atoms with Gasteiger partial charge in [-0.05, 0) is 35.7 Å². The minimum Gasteiger partial charge on any atom is -0.271 e. The highest BCUT2D eigenvalue weighted by Crippen LogP contribution is 2.20. The maximum atomic E-state index is 11.9. The first kappa shape index (κ1) is 17.6. The minimum atomic E-state index is -3.59. The van der Waals surface area contributed by atoms with Crippen LogP contribution in [0.1, 0.15) is 4.88 Å².